The molecule has 2 nitrogen and oxygen atoms in total. The van der Waals surface area contributed by atoms with E-state index >= 15 is 0 Å². The van der Waals surface area contributed by atoms with Gasteiger partial charge in [0.15, 0.2) is 0 Å². The number of rotatable bonds is 10. The van der Waals surface area contributed by atoms with Crippen molar-refractivity contribution in [2.75, 3.05) is 0 Å². The van der Waals surface area contributed by atoms with Crippen LogP contribution in [-0.2, 0) is 11.8 Å². The number of aromatic amines is 1. The van der Waals surface area contributed by atoms with E-state index in [-0.39, 0.29) is 5.41 Å². The van der Waals surface area contributed by atoms with Gasteiger partial charge in [0, 0.05) is 17.5 Å². The van der Waals surface area contributed by atoms with Crippen molar-refractivity contribution in [1.82, 2.24) is 9.97 Å². The van der Waals surface area contributed by atoms with Gasteiger partial charge < -0.3 is 4.98 Å². The molecule has 122 valence electrons. The number of aromatic nitrogens is 2. The van der Waals surface area contributed by atoms with Crippen LogP contribution in [0.5, 0.6) is 0 Å². The number of hydrogen-bond acceptors (Lipinski definition) is 1. The molecule has 2 heteroatoms. The van der Waals surface area contributed by atoms with E-state index in [1.165, 1.54) is 55.7 Å². The highest BCUT2D eigenvalue weighted by atomic mass is 14.9. The predicted octanol–water partition coefficient (Wildman–Crippen LogP) is 6.12. The average molecular weight is 293 g/mol. The minimum atomic E-state index is 0.214. The molecule has 0 saturated heterocycles. The Morgan fingerprint density at radius 2 is 1.71 bits per heavy atom. The van der Waals surface area contributed by atoms with E-state index < -0.39 is 0 Å². The summed E-state index contributed by atoms with van der Waals surface area (Å²) < 4.78 is 0. The van der Waals surface area contributed by atoms with Crippen LogP contribution in [-0.4, -0.2) is 9.97 Å². The zero-order valence-electron chi connectivity index (χ0n) is 15.2. The Balaban J connectivity index is 2.97. The second-order valence-corrected chi connectivity index (χ2v) is 7.20. The van der Waals surface area contributed by atoms with Gasteiger partial charge in [0.2, 0.25) is 0 Å². The van der Waals surface area contributed by atoms with Crippen molar-refractivity contribution in [3.8, 4) is 0 Å². The first kappa shape index (κ1) is 18.3. The minimum Gasteiger partial charge on any atom is -0.345 e. The highest BCUT2D eigenvalue weighted by Crippen LogP contribution is 2.34. The van der Waals surface area contributed by atoms with Crippen molar-refractivity contribution in [1.29, 1.82) is 0 Å². The molecule has 1 heterocycles. The lowest BCUT2D eigenvalue weighted by Crippen LogP contribution is -2.20. The first-order chi connectivity index (χ1) is 9.96. The first-order valence-electron chi connectivity index (χ1n) is 9.05. The van der Waals surface area contributed by atoms with Gasteiger partial charge in [-0.15, -0.1) is 0 Å². The van der Waals surface area contributed by atoms with Crippen LogP contribution in [0, 0.1) is 0 Å². The molecule has 0 radical (unpaired) electrons. The third-order valence-electron chi connectivity index (χ3n) is 4.71. The van der Waals surface area contributed by atoms with Crippen molar-refractivity contribution >= 4 is 0 Å². The molecule has 0 fully saturated rings. The van der Waals surface area contributed by atoms with Crippen LogP contribution in [0.4, 0.5) is 0 Å². The third-order valence-corrected chi connectivity index (χ3v) is 4.71. The Bertz CT molecular complexity index is 404. The summed E-state index contributed by atoms with van der Waals surface area (Å²) >= 11 is 0. The van der Waals surface area contributed by atoms with E-state index in [0.29, 0.717) is 5.92 Å². The Labute approximate surface area is 132 Å². The van der Waals surface area contributed by atoms with Crippen LogP contribution in [0.25, 0.3) is 0 Å². The molecule has 0 spiro atoms. The van der Waals surface area contributed by atoms with Gasteiger partial charge in [-0.2, -0.15) is 0 Å². The summed E-state index contributed by atoms with van der Waals surface area (Å²) in [7, 11) is 0. The summed E-state index contributed by atoms with van der Waals surface area (Å²) in [5.74, 6) is 1.75. The lowest BCUT2D eigenvalue weighted by molar-refractivity contribution is 0.433. The molecule has 1 aromatic heterocycles. The maximum absolute atomic E-state index is 4.96. The maximum Gasteiger partial charge on any atom is 0.106 e. The molecule has 1 N–H and O–H groups in total. The monoisotopic (exact) mass is 292 g/mol. The molecule has 0 aromatic carbocycles. The van der Waals surface area contributed by atoms with E-state index in [0.717, 1.165) is 12.8 Å². The van der Waals surface area contributed by atoms with Gasteiger partial charge in [-0.1, -0.05) is 67.2 Å². The van der Waals surface area contributed by atoms with Crippen LogP contribution in [0.15, 0.2) is 0 Å². The molecule has 1 rings (SSSR count). The van der Waals surface area contributed by atoms with Gasteiger partial charge in [0.1, 0.15) is 5.82 Å². The number of imidazole rings is 1. The fourth-order valence-electron chi connectivity index (χ4n) is 2.91. The first-order valence-corrected chi connectivity index (χ1v) is 9.05. The van der Waals surface area contributed by atoms with E-state index in [1.807, 2.05) is 0 Å². The summed E-state index contributed by atoms with van der Waals surface area (Å²) in [6, 6.07) is 0. The number of nitrogens with zero attached hydrogens (tertiary/aromatic N) is 1. The van der Waals surface area contributed by atoms with Crippen LogP contribution in [0.3, 0.4) is 0 Å². The van der Waals surface area contributed by atoms with Crippen LogP contribution in [0.1, 0.15) is 110 Å². The lowest BCUT2D eigenvalue weighted by atomic mass is 9.80. The van der Waals surface area contributed by atoms with Gasteiger partial charge >= 0.3 is 0 Å². The molecule has 0 aliphatic heterocycles. The third kappa shape index (κ3) is 5.16. The standard InChI is InChI=1S/C19H36N2/c1-7-10-12-14-19(5,6)18-17(15(4)9-3)20-16(21-18)13-11-8-2/h15H,7-14H2,1-6H3,(H,20,21). The van der Waals surface area contributed by atoms with Gasteiger partial charge in [-0.3, -0.25) is 0 Å². The largest absolute Gasteiger partial charge is 0.345 e. The molecule has 1 aromatic rings. The Morgan fingerprint density at radius 1 is 1.05 bits per heavy atom. The van der Waals surface area contributed by atoms with Gasteiger partial charge in [-0.25, -0.2) is 4.98 Å². The summed E-state index contributed by atoms with van der Waals surface area (Å²) in [6.07, 6.45) is 9.89. The number of unbranched alkanes of at least 4 members (excludes halogenated alkanes) is 3. The van der Waals surface area contributed by atoms with Gasteiger partial charge in [-0.05, 0) is 25.2 Å². The zero-order chi connectivity index (χ0) is 15.9. The second-order valence-electron chi connectivity index (χ2n) is 7.20. The van der Waals surface area contributed by atoms with Gasteiger partial charge in [0.05, 0.1) is 5.69 Å². The Kier molecular flexibility index (Phi) is 7.48. The normalized spacial score (nSPS) is 13.6. The summed E-state index contributed by atoms with van der Waals surface area (Å²) in [5.41, 5.74) is 2.94. The highest BCUT2D eigenvalue weighted by molar-refractivity contribution is 5.26. The zero-order valence-corrected chi connectivity index (χ0v) is 15.2. The van der Waals surface area contributed by atoms with E-state index in [2.05, 4.69) is 46.5 Å². The number of nitrogens with one attached hydrogen (secondary N) is 1. The van der Waals surface area contributed by atoms with Crippen molar-refractivity contribution < 1.29 is 0 Å². The maximum atomic E-state index is 4.96. The smallest absolute Gasteiger partial charge is 0.106 e. The Hall–Kier alpha value is -0.790. The van der Waals surface area contributed by atoms with Gasteiger partial charge in [0.25, 0.3) is 0 Å². The molecular weight excluding hydrogens is 256 g/mol. The molecular formula is C19H36N2. The number of H-pyrrole nitrogens is 1. The molecule has 1 atom stereocenters. The molecule has 0 aliphatic carbocycles. The average Bonchev–Trinajstić information content (AvgIpc) is 2.89. The van der Waals surface area contributed by atoms with Crippen molar-refractivity contribution in [2.24, 2.45) is 0 Å². The fraction of sp³-hybridized carbons (Fsp3) is 0.842. The van der Waals surface area contributed by atoms with Crippen LogP contribution in [0.2, 0.25) is 0 Å². The van der Waals surface area contributed by atoms with E-state index in [4.69, 9.17) is 4.98 Å². The molecule has 1 unspecified atom stereocenters. The molecule has 0 saturated carbocycles. The summed E-state index contributed by atoms with van der Waals surface area (Å²) in [4.78, 5) is 8.65. The summed E-state index contributed by atoms with van der Waals surface area (Å²) in [6.45, 7) is 13.9. The van der Waals surface area contributed by atoms with Crippen LogP contribution < -0.4 is 0 Å². The minimum absolute atomic E-state index is 0.214. The van der Waals surface area contributed by atoms with E-state index in [9.17, 15) is 0 Å². The SMILES string of the molecule is CCCCCC(C)(C)c1[nH]c(CCCC)nc1C(C)CC. The lowest BCUT2D eigenvalue weighted by Gasteiger charge is -2.26. The quantitative estimate of drug-likeness (QED) is 0.517. The summed E-state index contributed by atoms with van der Waals surface area (Å²) in [5, 5.41) is 0. The molecule has 0 amide bonds. The van der Waals surface area contributed by atoms with Crippen molar-refractivity contribution in [3.63, 3.8) is 0 Å². The molecule has 0 aliphatic rings. The van der Waals surface area contributed by atoms with Crippen molar-refractivity contribution in [3.05, 3.63) is 17.2 Å². The van der Waals surface area contributed by atoms with E-state index in [1.54, 1.807) is 0 Å². The molecule has 0 bridgehead atoms. The second kappa shape index (κ2) is 8.60. The van der Waals surface area contributed by atoms with Crippen LogP contribution >= 0.6 is 0 Å². The highest BCUT2D eigenvalue weighted by Gasteiger charge is 2.28. The predicted molar refractivity (Wildman–Crippen MR) is 93.1 cm³/mol. The number of hydrogen-bond donors (Lipinski definition) is 1. The van der Waals surface area contributed by atoms with Crippen molar-refractivity contribution in [2.45, 2.75) is 104 Å². The molecule has 21 heavy (non-hydrogen) atoms. The topological polar surface area (TPSA) is 28.7 Å². The fourth-order valence-corrected chi connectivity index (χ4v) is 2.91. The Morgan fingerprint density at radius 3 is 2.29 bits per heavy atom. The number of aryl methyl sites for hydroxylation is 1.